The Bertz CT molecular complexity index is 716. The number of halogens is 1. The van der Waals surface area contributed by atoms with Gasteiger partial charge in [0.15, 0.2) is 0 Å². The van der Waals surface area contributed by atoms with E-state index >= 15 is 0 Å². The van der Waals surface area contributed by atoms with Gasteiger partial charge in [-0.05, 0) is 50.1 Å². The van der Waals surface area contributed by atoms with Crippen molar-refractivity contribution in [2.24, 2.45) is 0 Å². The zero-order valence-corrected chi connectivity index (χ0v) is 14.6. The van der Waals surface area contributed by atoms with Gasteiger partial charge in [-0.15, -0.1) is 0 Å². The molecule has 0 radical (unpaired) electrons. The third-order valence-electron chi connectivity index (χ3n) is 4.06. The van der Waals surface area contributed by atoms with Crippen LogP contribution in [0.5, 0.6) is 0 Å². The second kappa shape index (κ2) is 7.81. The van der Waals surface area contributed by atoms with Crippen LogP contribution in [-0.4, -0.2) is 19.1 Å². The zero-order valence-electron chi connectivity index (χ0n) is 14.6. The monoisotopic (exact) mass is 329 g/mol. The van der Waals surface area contributed by atoms with Gasteiger partial charge in [0.2, 0.25) is 0 Å². The van der Waals surface area contributed by atoms with Gasteiger partial charge in [0, 0.05) is 25.3 Å². The summed E-state index contributed by atoms with van der Waals surface area (Å²) in [7, 11) is 1.84. The van der Waals surface area contributed by atoms with Crippen molar-refractivity contribution < 1.29 is 9.18 Å². The van der Waals surface area contributed by atoms with E-state index in [4.69, 9.17) is 0 Å². The van der Waals surface area contributed by atoms with E-state index in [1.165, 1.54) is 6.07 Å². The van der Waals surface area contributed by atoms with Crippen LogP contribution in [0.3, 0.4) is 0 Å². The van der Waals surface area contributed by atoms with Gasteiger partial charge in [-0.1, -0.05) is 24.3 Å². The summed E-state index contributed by atoms with van der Waals surface area (Å²) in [6.45, 7) is 6.40. The number of rotatable bonds is 5. The number of amides is 2. The van der Waals surface area contributed by atoms with E-state index in [0.29, 0.717) is 17.9 Å². The molecule has 0 unspecified atom stereocenters. The minimum atomic E-state index is -0.359. The molecular weight excluding hydrogens is 305 g/mol. The Morgan fingerprint density at radius 3 is 2.54 bits per heavy atom. The van der Waals surface area contributed by atoms with E-state index in [2.05, 4.69) is 10.6 Å². The molecule has 0 saturated heterocycles. The average Bonchev–Trinajstić information content (AvgIpc) is 2.53. The van der Waals surface area contributed by atoms with Crippen molar-refractivity contribution >= 4 is 17.4 Å². The van der Waals surface area contributed by atoms with E-state index in [1.807, 2.05) is 57.0 Å². The SMILES string of the molecule is Cc1ccccc1CNC(=O)Nc1ccc(N(C)C(C)C)c(F)c1. The Morgan fingerprint density at radius 1 is 1.21 bits per heavy atom. The van der Waals surface area contributed by atoms with Crippen molar-refractivity contribution in [2.75, 3.05) is 17.3 Å². The Balaban J connectivity index is 1.97. The number of nitrogens with zero attached hydrogens (tertiary/aromatic N) is 1. The van der Waals surface area contributed by atoms with Crippen LogP contribution >= 0.6 is 0 Å². The fourth-order valence-electron chi connectivity index (χ4n) is 2.31. The molecule has 2 rings (SSSR count). The molecule has 0 aliphatic heterocycles. The van der Waals surface area contributed by atoms with Crippen LogP contribution < -0.4 is 15.5 Å². The van der Waals surface area contributed by atoms with Crippen LogP contribution in [0.2, 0.25) is 0 Å². The number of urea groups is 1. The van der Waals surface area contributed by atoms with Crippen LogP contribution in [-0.2, 0) is 6.54 Å². The minimum absolute atomic E-state index is 0.190. The lowest BCUT2D eigenvalue weighted by atomic mass is 10.1. The first kappa shape index (κ1) is 17.8. The number of hydrogen-bond acceptors (Lipinski definition) is 2. The first-order valence-corrected chi connectivity index (χ1v) is 8.00. The summed E-state index contributed by atoms with van der Waals surface area (Å²) in [5, 5.41) is 5.44. The van der Waals surface area contributed by atoms with Crippen LogP contribution in [0, 0.1) is 12.7 Å². The average molecular weight is 329 g/mol. The summed E-state index contributed by atoms with van der Waals surface area (Å²) >= 11 is 0. The molecule has 5 heteroatoms. The number of benzene rings is 2. The molecule has 0 aromatic heterocycles. The minimum Gasteiger partial charge on any atom is -0.370 e. The van der Waals surface area contributed by atoms with Gasteiger partial charge in [0.25, 0.3) is 0 Å². The maximum Gasteiger partial charge on any atom is 0.319 e. The molecule has 2 aromatic rings. The Labute approximate surface area is 142 Å². The molecule has 0 atom stereocenters. The zero-order chi connectivity index (χ0) is 17.7. The second-order valence-electron chi connectivity index (χ2n) is 6.11. The van der Waals surface area contributed by atoms with Crippen LogP contribution in [0.4, 0.5) is 20.6 Å². The second-order valence-corrected chi connectivity index (χ2v) is 6.11. The van der Waals surface area contributed by atoms with Crippen molar-refractivity contribution in [1.29, 1.82) is 0 Å². The number of aryl methyl sites for hydroxylation is 1. The summed E-state index contributed by atoms with van der Waals surface area (Å²) in [5.74, 6) is -0.358. The highest BCUT2D eigenvalue weighted by Crippen LogP contribution is 2.23. The van der Waals surface area contributed by atoms with Gasteiger partial charge in [-0.3, -0.25) is 0 Å². The summed E-state index contributed by atoms with van der Waals surface area (Å²) in [6.07, 6.45) is 0. The molecule has 2 amide bonds. The first-order chi connectivity index (χ1) is 11.4. The summed E-state index contributed by atoms with van der Waals surface area (Å²) in [6, 6.07) is 12.4. The topological polar surface area (TPSA) is 44.4 Å². The van der Waals surface area contributed by atoms with E-state index in [0.717, 1.165) is 11.1 Å². The number of carbonyl (C=O) groups is 1. The van der Waals surface area contributed by atoms with Crippen molar-refractivity contribution in [3.8, 4) is 0 Å². The third kappa shape index (κ3) is 4.47. The third-order valence-corrected chi connectivity index (χ3v) is 4.06. The molecule has 0 aliphatic rings. The molecular formula is C19H24FN3O. The maximum atomic E-state index is 14.2. The molecule has 0 heterocycles. The van der Waals surface area contributed by atoms with Crippen LogP contribution in [0.1, 0.15) is 25.0 Å². The summed E-state index contributed by atoms with van der Waals surface area (Å²) in [5.41, 5.74) is 3.10. The number of anilines is 2. The van der Waals surface area contributed by atoms with Crippen LogP contribution in [0.15, 0.2) is 42.5 Å². The summed E-state index contributed by atoms with van der Waals surface area (Å²) in [4.78, 5) is 13.8. The molecule has 24 heavy (non-hydrogen) atoms. The lowest BCUT2D eigenvalue weighted by molar-refractivity contribution is 0.251. The molecule has 0 aliphatic carbocycles. The quantitative estimate of drug-likeness (QED) is 0.859. The molecule has 0 bridgehead atoms. The maximum absolute atomic E-state index is 14.2. The predicted octanol–water partition coefficient (Wildman–Crippen LogP) is 4.30. The van der Waals surface area contributed by atoms with Gasteiger partial charge < -0.3 is 15.5 Å². The number of nitrogens with one attached hydrogen (secondary N) is 2. The molecule has 4 nitrogen and oxygen atoms in total. The van der Waals surface area contributed by atoms with E-state index in [-0.39, 0.29) is 17.9 Å². The van der Waals surface area contributed by atoms with Crippen molar-refractivity contribution in [3.05, 3.63) is 59.4 Å². The molecule has 128 valence electrons. The van der Waals surface area contributed by atoms with Gasteiger partial charge >= 0.3 is 6.03 Å². The van der Waals surface area contributed by atoms with Crippen molar-refractivity contribution in [3.63, 3.8) is 0 Å². The van der Waals surface area contributed by atoms with Gasteiger partial charge in [0.05, 0.1) is 5.69 Å². The predicted molar refractivity (Wildman–Crippen MR) is 97.0 cm³/mol. The smallest absolute Gasteiger partial charge is 0.319 e. The fourth-order valence-corrected chi connectivity index (χ4v) is 2.31. The largest absolute Gasteiger partial charge is 0.370 e. The highest BCUT2D eigenvalue weighted by Gasteiger charge is 2.12. The highest BCUT2D eigenvalue weighted by molar-refractivity contribution is 5.89. The normalized spacial score (nSPS) is 10.6. The first-order valence-electron chi connectivity index (χ1n) is 8.00. The summed E-state index contributed by atoms with van der Waals surface area (Å²) < 4.78 is 14.2. The van der Waals surface area contributed by atoms with Crippen LogP contribution in [0.25, 0.3) is 0 Å². The molecule has 2 aromatic carbocycles. The lowest BCUT2D eigenvalue weighted by Crippen LogP contribution is -2.29. The number of carbonyl (C=O) groups excluding carboxylic acids is 1. The molecule has 0 saturated carbocycles. The van der Waals surface area contributed by atoms with Gasteiger partial charge in [0.1, 0.15) is 5.82 Å². The van der Waals surface area contributed by atoms with Crippen molar-refractivity contribution in [2.45, 2.75) is 33.4 Å². The fraction of sp³-hybridized carbons (Fsp3) is 0.316. The Morgan fingerprint density at radius 2 is 1.92 bits per heavy atom. The van der Waals surface area contributed by atoms with E-state index < -0.39 is 0 Å². The molecule has 2 N–H and O–H groups in total. The number of hydrogen-bond donors (Lipinski definition) is 2. The highest BCUT2D eigenvalue weighted by atomic mass is 19.1. The Hall–Kier alpha value is -2.56. The molecule has 0 fully saturated rings. The standard InChI is InChI=1S/C19H24FN3O/c1-13(2)23(4)18-10-9-16(11-17(18)20)22-19(24)21-12-15-8-6-5-7-14(15)3/h5-11,13H,12H2,1-4H3,(H2,21,22,24). The molecule has 0 spiro atoms. The Kier molecular flexibility index (Phi) is 5.79. The van der Waals surface area contributed by atoms with Gasteiger partial charge in [-0.2, -0.15) is 0 Å². The van der Waals surface area contributed by atoms with Crippen molar-refractivity contribution in [1.82, 2.24) is 5.32 Å². The van der Waals surface area contributed by atoms with Gasteiger partial charge in [-0.25, -0.2) is 9.18 Å². The lowest BCUT2D eigenvalue weighted by Gasteiger charge is -2.24. The van der Waals surface area contributed by atoms with E-state index in [1.54, 1.807) is 12.1 Å². The van der Waals surface area contributed by atoms with E-state index in [9.17, 15) is 9.18 Å².